The Kier molecular flexibility index (Phi) is 3.60. The van der Waals surface area contributed by atoms with Gasteiger partial charge in [-0.05, 0) is 56.8 Å². The maximum Gasteiger partial charge on any atom is 0.0808 e. The van der Waals surface area contributed by atoms with Crippen molar-refractivity contribution in [1.29, 1.82) is 0 Å². The van der Waals surface area contributed by atoms with Gasteiger partial charge in [0, 0.05) is 12.6 Å². The Labute approximate surface area is 99.9 Å². The summed E-state index contributed by atoms with van der Waals surface area (Å²) in [5, 5.41) is 0. The predicted octanol–water partition coefficient (Wildman–Crippen LogP) is 2.96. The van der Waals surface area contributed by atoms with Crippen LogP contribution in [0.25, 0.3) is 0 Å². The third-order valence-corrected chi connectivity index (χ3v) is 4.68. The zero-order chi connectivity index (χ0) is 11.8. The first-order chi connectivity index (χ1) is 7.51. The van der Waals surface area contributed by atoms with Gasteiger partial charge >= 0.3 is 0 Å². The van der Waals surface area contributed by atoms with Gasteiger partial charge in [-0.25, -0.2) is 0 Å². The monoisotopic (exact) mass is 225 g/mol. The minimum Gasteiger partial charge on any atom is -0.374 e. The third kappa shape index (κ3) is 2.43. The molecule has 2 rings (SSSR count). The van der Waals surface area contributed by atoms with Crippen LogP contribution in [-0.4, -0.2) is 18.2 Å². The third-order valence-electron chi connectivity index (χ3n) is 4.68. The highest BCUT2D eigenvalue weighted by Crippen LogP contribution is 2.40. The molecule has 1 aliphatic carbocycles. The average Bonchev–Trinajstić information content (AvgIpc) is 2.64. The molecule has 0 bridgehead atoms. The normalized spacial score (nSPS) is 46.9. The van der Waals surface area contributed by atoms with E-state index in [1.807, 2.05) is 0 Å². The van der Waals surface area contributed by atoms with E-state index in [9.17, 15) is 0 Å². The Hall–Kier alpha value is -0.0800. The van der Waals surface area contributed by atoms with Crippen molar-refractivity contribution in [2.45, 2.75) is 64.5 Å². The quantitative estimate of drug-likeness (QED) is 0.784. The van der Waals surface area contributed by atoms with Crippen LogP contribution in [0.3, 0.4) is 0 Å². The lowest BCUT2D eigenvalue weighted by atomic mass is 9.70. The molecule has 2 fully saturated rings. The lowest BCUT2D eigenvalue weighted by Crippen LogP contribution is -2.51. The minimum atomic E-state index is -0.0402. The van der Waals surface area contributed by atoms with Gasteiger partial charge in [-0.1, -0.05) is 13.8 Å². The molecule has 0 aromatic rings. The Morgan fingerprint density at radius 1 is 1.19 bits per heavy atom. The summed E-state index contributed by atoms with van der Waals surface area (Å²) in [6.07, 6.45) is 6.30. The van der Waals surface area contributed by atoms with E-state index >= 15 is 0 Å². The zero-order valence-electron chi connectivity index (χ0n) is 11.0. The zero-order valence-corrected chi connectivity index (χ0v) is 11.0. The van der Waals surface area contributed by atoms with E-state index in [0.29, 0.717) is 5.92 Å². The first-order valence-corrected chi connectivity index (χ1v) is 6.91. The van der Waals surface area contributed by atoms with Crippen LogP contribution in [0, 0.1) is 17.8 Å². The van der Waals surface area contributed by atoms with E-state index in [1.165, 1.54) is 25.7 Å². The van der Waals surface area contributed by atoms with Crippen molar-refractivity contribution in [1.82, 2.24) is 0 Å². The van der Waals surface area contributed by atoms with Gasteiger partial charge in [-0.2, -0.15) is 0 Å². The SMILES string of the molecule is CC1CC(C)CC(C(N)C2(C)CCCO2)C1. The van der Waals surface area contributed by atoms with Crippen molar-refractivity contribution in [3.05, 3.63) is 0 Å². The van der Waals surface area contributed by atoms with Gasteiger partial charge < -0.3 is 10.5 Å². The Morgan fingerprint density at radius 3 is 2.31 bits per heavy atom. The lowest BCUT2D eigenvalue weighted by Gasteiger charge is -2.41. The second-order valence-corrected chi connectivity index (χ2v) is 6.47. The van der Waals surface area contributed by atoms with E-state index in [1.54, 1.807) is 0 Å². The van der Waals surface area contributed by atoms with E-state index in [2.05, 4.69) is 20.8 Å². The number of ether oxygens (including phenoxy) is 1. The molecule has 2 N–H and O–H groups in total. The van der Waals surface area contributed by atoms with E-state index < -0.39 is 0 Å². The minimum absolute atomic E-state index is 0.0402. The van der Waals surface area contributed by atoms with Crippen LogP contribution in [0.1, 0.15) is 52.9 Å². The molecule has 1 aliphatic heterocycles. The smallest absolute Gasteiger partial charge is 0.0808 e. The highest BCUT2D eigenvalue weighted by atomic mass is 16.5. The summed E-state index contributed by atoms with van der Waals surface area (Å²) in [4.78, 5) is 0. The molecule has 1 saturated heterocycles. The van der Waals surface area contributed by atoms with Crippen LogP contribution in [0.15, 0.2) is 0 Å². The Morgan fingerprint density at radius 2 is 1.81 bits per heavy atom. The Balaban J connectivity index is 2.00. The molecule has 1 heterocycles. The highest BCUT2D eigenvalue weighted by Gasteiger charge is 2.42. The van der Waals surface area contributed by atoms with Crippen LogP contribution >= 0.6 is 0 Å². The molecule has 0 radical (unpaired) electrons. The molecule has 4 unspecified atom stereocenters. The van der Waals surface area contributed by atoms with Crippen molar-refractivity contribution in [3.8, 4) is 0 Å². The summed E-state index contributed by atoms with van der Waals surface area (Å²) in [5.41, 5.74) is 6.45. The molecule has 1 saturated carbocycles. The largest absolute Gasteiger partial charge is 0.374 e. The van der Waals surface area contributed by atoms with Crippen molar-refractivity contribution in [2.24, 2.45) is 23.5 Å². The second kappa shape index (κ2) is 4.66. The summed E-state index contributed by atoms with van der Waals surface area (Å²) in [6.45, 7) is 7.86. The first-order valence-electron chi connectivity index (χ1n) is 6.91. The molecule has 0 aromatic heterocycles. The summed E-state index contributed by atoms with van der Waals surface area (Å²) in [5.74, 6) is 2.34. The summed E-state index contributed by atoms with van der Waals surface area (Å²) >= 11 is 0. The van der Waals surface area contributed by atoms with Gasteiger partial charge in [0.05, 0.1) is 5.60 Å². The Bertz CT molecular complexity index is 225. The van der Waals surface area contributed by atoms with E-state index in [-0.39, 0.29) is 11.6 Å². The molecular formula is C14H27NO. The van der Waals surface area contributed by atoms with Gasteiger partial charge in [0.1, 0.15) is 0 Å². The summed E-state index contributed by atoms with van der Waals surface area (Å²) < 4.78 is 5.90. The van der Waals surface area contributed by atoms with Gasteiger partial charge in [0.2, 0.25) is 0 Å². The number of nitrogens with two attached hydrogens (primary N) is 1. The number of rotatable bonds is 2. The highest BCUT2D eigenvalue weighted by molar-refractivity contribution is 4.96. The van der Waals surface area contributed by atoms with Crippen molar-refractivity contribution in [3.63, 3.8) is 0 Å². The topological polar surface area (TPSA) is 35.2 Å². The lowest BCUT2D eigenvalue weighted by molar-refractivity contribution is -0.0274. The van der Waals surface area contributed by atoms with Crippen LogP contribution in [0.5, 0.6) is 0 Å². The van der Waals surface area contributed by atoms with Crippen LogP contribution in [0.2, 0.25) is 0 Å². The first kappa shape index (κ1) is 12.4. The fourth-order valence-electron chi connectivity index (χ4n) is 3.86. The molecule has 2 heteroatoms. The molecule has 4 atom stereocenters. The molecule has 94 valence electrons. The standard InChI is InChI=1S/C14H27NO/c1-10-7-11(2)9-12(8-10)13(15)14(3)5-4-6-16-14/h10-13H,4-9,15H2,1-3H3. The van der Waals surface area contributed by atoms with Crippen molar-refractivity contribution >= 4 is 0 Å². The van der Waals surface area contributed by atoms with Crippen LogP contribution < -0.4 is 5.73 Å². The average molecular weight is 225 g/mol. The molecule has 16 heavy (non-hydrogen) atoms. The molecular weight excluding hydrogens is 198 g/mol. The van der Waals surface area contributed by atoms with Crippen molar-refractivity contribution < 1.29 is 4.74 Å². The maximum atomic E-state index is 6.49. The molecule has 0 spiro atoms. The van der Waals surface area contributed by atoms with Gasteiger partial charge in [0.25, 0.3) is 0 Å². The fraction of sp³-hybridized carbons (Fsp3) is 1.00. The number of hydrogen-bond acceptors (Lipinski definition) is 2. The van der Waals surface area contributed by atoms with Gasteiger partial charge in [-0.15, -0.1) is 0 Å². The van der Waals surface area contributed by atoms with Crippen molar-refractivity contribution in [2.75, 3.05) is 6.61 Å². The molecule has 2 nitrogen and oxygen atoms in total. The summed E-state index contributed by atoms with van der Waals surface area (Å²) in [6, 6.07) is 0.236. The maximum absolute atomic E-state index is 6.49. The van der Waals surface area contributed by atoms with E-state index in [0.717, 1.165) is 24.9 Å². The van der Waals surface area contributed by atoms with E-state index in [4.69, 9.17) is 10.5 Å². The second-order valence-electron chi connectivity index (χ2n) is 6.47. The van der Waals surface area contributed by atoms with Crippen LogP contribution in [-0.2, 0) is 4.74 Å². The molecule has 2 aliphatic rings. The van der Waals surface area contributed by atoms with Gasteiger partial charge in [0.15, 0.2) is 0 Å². The molecule has 0 amide bonds. The molecule has 0 aromatic carbocycles. The summed E-state index contributed by atoms with van der Waals surface area (Å²) in [7, 11) is 0. The van der Waals surface area contributed by atoms with Crippen LogP contribution in [0.4, 0.5) is 0 Å². The fourth-order valence-corrected chi connectivity index (χ4v) is 3.86. The van der Waals surface area contributed by atoms with Gasteiger partial charge in [-0.3, -0.25) is 0 Å². The number of hydrogen-bond donors (Lipinski definition) is 1. The predicted molar refractivity (Wildman–Crippen MR) is 67.2 cm³/mol.